The number of carbonyl (C=O) groups excluding carboxylic acids is 1. The molecule has 0 bridgehead atoms. The Morgan fingerprint density at radius 3 is 2.69 bits per heavy atom. The van der Waals surface area contributed by atoms with Gasteiger partial charge in [0.25, 0.3) is 5.91 Å². The minimum absolute atomic E-state index is 0.0261. The van der Waals surface area contributed by atoms with E-state index in [0.29, 0.717) is 37.0 Å². The first-order valence-corrected chi connectivity index (χ1v) is 13.0. The van der Waals surface area contributed by atoms with Crippen LogP contribution in [-0.2, 0) is 6.54 Å². The predicted octanol–water partition coefficient (Wildman–Crippen LogP) is 3.16. The summed E-state index contributed by atoms with van der Waals surface area (Å²) >= 11 is 0. The van der Waals surface area contributed by atoms with Gasteiger partial charge in [-0.3, -0.25) is 9.69 Å². The Bertz CT molecular complexity index is 1080. The molecular weight excluding hydrogens is 454 g/mol. The number of nitrogens with zero attached hydrogens (tertiary/aromatic N) is 5. The molecule has 8 heteroatoms. The standard InChI is InChI=1S/C28H37N5O3/c1-20-15-33(21(2)18-34)28(35)25-11-23(10-9-22-7-5-4-6-8-22)14-31-27(25)36-26(20)17-32(3)16-24-12-29-19-30-13-24/h11-14,19-22,26,34H,4-8,15-18H2,1-3H3/t20-,21-,26-/m0/s1. The topological polar surface area (TPSA) is 91.7 Å². The molecule has 4 rings (SSSR count). The molecule has 3 atom stereocenters. The molecule has 0 radical (unpaired) electrons. The summed E-state index contributed by atoms with van der Waals surface area (Å²) in [5.74, 6) is 7.22. The van der Waals surface area contributed by atoms with Crippen LogP contribution in [0.5, 0.6) is 5.88 Å². The van der Waals surface area contributed by atoms with Crippen molar-refractivity contribution < 1.29 is 14.6 Å². The maximum absolute atomic E-state index is 13.6. The van der Waals surface area contributed by atoms with Crippen molar-refractivity contribution in [3.8, 4) is 17.7 Å². The lowest BCUT2D eigenvalue weighted by Crippen LogP contribution is -2.49. The second-order valence-corrected chi connectivity index (χ2v) is 10.2. The highest BCUT2D eigenvalue weighted by Gasteiger charge is 2.34. The molecular formula is C28H37N5O3. The fourth-order valence-corrected chi connectivity index (χ4v) is 4.92. The van der Waals surface area contributed by atoms with E-state index in [2.05, 4.69) is 38.6 Å². The molecule has 192 valence electrons. The first kappa shape index (κ1) is 26.1. The van der Waals surface area contributed by atoms with Gasteiger partial charge in [-0.2, -0.15) is 0 Å². The summed E-state index contributed by atoms with van der Waals surface area (Å²) in [5, 5.41) is 9.88. The van der Waals surface area contributed by atoms with Crippen molar-refractivity contribution in [1.29, 1.82) is 0 Å². The zero-order valence-electron chi connectivity index (χ0n) is 21.6. The van der Waals surface area contributed by atoms with E-state index < -0.39 is 0 Å². The van der Waals surface area contributed by atoms with Gasteiger partial charge < -0.3 is 14.7 Å². The summed E-state index contributed by atoms with van der Waals surface area (Å²) in [4.78, 5) is 30.2. The van der Waals surface area contributed by atoms with E-state index in [0.717, 1.165) is 24.0 Å². The lowest BCUT2D eigenvalue weighted by atomic mass is 9.90. The normalized spacial score (nSPS) is 21.6. The van der Waals surface area contributed by atoms with Crippen molar-refractivity contribution in [3.05, 3.63) is 47.7 Å². The van der Waals surface area contributed by atoms with Gasteiger partial charge in [-0.05, 0) is 32.9 Å². The van der Waals surface area contributed by atoms with Gasteiger partial charge in [0.05, 0.1) is 12.6 Å². The van der Waals surface area contributed by atoms with Crippen LogP contribution in [-0.4, -0.2) is 74.7 Å². The number of ether oxygens (including phenoxy) is 1. The summed E-state index contributed by atoms with van der Waals surface area (Å²) in [6, 6.07) is 1.48. The van der Waals surface area contributed by atoms with E-state index in [1.807, 2.05) is 26.4 Å². The van der Waals surface area contributed by atoms with Crippen molar-refractivity contribution in [2.24, 2.45) is 11.8 Å². The van der Waals surface area contributed by atoms with Gasteiger partial charge >= 0.3 is 0 Å². The van der Waals surface area contributed by atoms with Crippen LogP contribution < -0.4 is 4.74 Å². The van der Waals surface area contributed by atoms with E-state index in [9.17, 15) is 9.90 Å². The summed E-state index contributed by atoms with van der Waals surface area (Å²) < 4.78 is 6.40. The molecule has 1 fully saturated rings. The highest BCUT2D eigenvalue weighted by Crippen LogP contribution is 2.28. The number of carbonyl (C=O) groups is 1. The Balaban J connectivity index is 1.59. The molecule has 2 aliphatic rings. The van der Waals surface area contributed by atoms with E-state index >= 15 is 0 Å². The molecule has 0 aromatic carbocycles. The lowest BCUT2D eigenvalue weighted by Gasteiger charge is -2.37. The van der Waals surface area contributed by atoms with Crippen LogP contribution in [0.25, 0.3) is 0 Å². The average Bonchev–Trinajstić information content (AvgIpc) is 2.90. The first-order chi connectivity index (χ1) is 17.4. The van der Waals surface area contributed by atoms with Crippen molar-refractivity contribution in [2.45, 2.75) is 64.6 Å². The SMILES string of the molecule is C[C@H]1CN([C@@H](C)CO)C(=O)c2cc(C#CC3CCCCC3)cnc2O[C@H]1CN(C)Cc1cncnc1. The van der Waals surface area contributed by atoms with Gasteiger partial charge in [0.15, 0.2) is 0 Å². The molecule has 8 nitrogen and oxygen atoms in total. The van der Waals surface area contributed by atoms with Crippen LogP contribution in [0.1, 0.15) is 67.4 Å². The summed E-state index contributed by atoms with van der Waals surface area (Å²) in [6.07, 6.45) is 12.7. The van der Waals surface area contributed by atoms with Crippen molar-refractivity contribution in [2.75, 3.05) is 26.7 Å². The molecule has 1 amide bonds. The molecule has 2 aromatic heterocycles. The van der Waals surface area contributed by atoms with E-state index in [4.69, 9.17) is 4.74 Å². The number of likely N-dealkylation sites (N-methyl/N-ethyl adjacent to an activating group) is 1. The first-order valence-electron chi connectivity index (χ1n) is 13.0. The molecule has 2 aromatic rings. The van der Waals surface area contributed by atoms with Gasteiger partial charge in [0, 0.05) is 61.2 Å². The number of amides is 1. The highest BCUT2D eigenvalue weighted by molar-refractivity contribution is 5.97. The average molecular weight is 492 g/mol. The van der Waals surface area contributed by atoms with Crippen LogP contribution in [0.15, 0.2) is 31.0 Å². The number of aliphatic hydroxyl groups excluding tert-OH is 1. The van der Waals surface area contributed by atoms with E-state index in [1.165, 1.54) is 25.6 Å². The maximum atomic E-state index is 13.6. The lowest BCUT2D eigenvalue weighted by molar-refractivity contribution is 0.0325. The zero-order chi connectivity index (χ0) is 25.5. The smallest absolute Gasteiger partial charge is 0.259 e. The van der Waals surface area contributed by atoms with Gasteiger partial charge in [0.2, 0.25) is 5.88 Å². The fourth-order valence-electron chi connectivity index (χ4n) is 4.92. The highest BCUT2D eigenvalue weighted by atomic mass is 16.5. The van der Waals surface area contributed by atoms with Gasteiger partial charge in [0.1, 0.15) is 18.0 Å². The number of hydrogen-bond donors (Lipinski definition) is 1. The number of fused-ring (bicyclic) bond motifs is 1. The molecule has 1 aliphatic heterocycles. The third kappa shape index (κ3) is 6.59. The fraction of sp³-hybridized carbons (Fsp3) is 0.571. The third-order valence-corrected chi connectivity index (χ3v) is 7.11. The van der Waals surface area contributed by atoms with E-state index in [1.54, 1.807) is 17.2 Å². The molecule has 1 N–H and O–H groups in total. The predicted molar refractivity (Wildman–Crippen MR) is 137 cm³/mol. The van der Waals surface area contributed by atoms with Gasteiger partial charge in [-0.15, -0.1) is 0 Å². The number of aliphatic hydroxyl groups is 1. The second kappa shape index (κ2) is 12.3. The maximum Gasteiger partial charge on any atom is 0.259 e. The van der Waals surface area contributed by atoms with Crippen LogP contribution in [0.2, 0.25) is 0 Å². The van der Waals surface area contributed by atoms with Crippen molar-refractivity contribution >= 4 is 5.91 Å². The minimum Gasteiger partial charge on any atom is -0.472 e. The quantitative estimate of drug-likeness (QED) is 0.621. The van der Waals surface area contributed by atoms with Gasteiger partial charge in [-0.25, -0.2) is 15.0 Å². The molecule has 0 unspecified atom stereocenters. The molecule has 36 heavy (non-hydrogen) atoms. The minimum atomic E-state index is -0.317. The van der Waals surface area contributed by atoms with Crippen molar-refractivity contribution in [1.82, 2.24) is 24.8 Å². The van der Waals surface area contributed by atoms with E-state index in [-0.39, 0.29) is 30.6 Å². The third-order valence-electron chi connectivity index (χ3n) is 7.11. The van der Waals surface area contributed by atoms with Gasteiger partial charge in [-0.1, -0.05) is 38.0 Å². The van der Waals surface area contributed by atoms with Crippen LogP contribution in [0.4, 0.5) is 0 Å². The van der Waals surface area contributed by atoms with Crippen LogP contribution in [0.3, 0.4) is 0 Å². The summed E-state index contributed by atoms with van der Waals surface area (Å²) in [6.45, 7) is 5.62. The number of rotatable bonds is 6. The molecule has 0 spiro atoms. The molecule has 3 heterocycles. The Morgan fingerprint density at radius 1 is 1.22 bits per heavy atom. The second-order valence-electron chi connectivity index (χ2n) is 10.2. The largest absolute Gasteiger partial charge is 0.472 e. The molecule has 1 saturated carbocycles. The molecule has 0 saturated heterocycles. The Kier molecular flexibility index (Phi) is 8.89. The van der Waals surface area contributed by atoms with Crippen LogP contribution >= 0.6 is 0 Å². The number of pyridine rings is 1. The summed E-state index contributed by atoms with van der Waals surface area (Å²) in [7, 11) is 2.03. The number of hydrogen-bond acceptors (Lipinski definition) is 7. The van der Waals surface area contributed by atoms with Crippen LogP contribution in [0, 0.1) is 23.7 Å². The summed E-state index contributed by atoms with van der Waals surface area (Å²) in [5.41, 5.74) is 2.14. The number of aromatic nitrogens is 3. The monoisotopic (exact) mass is 491 g/mol. The Labute approximate surface area is 214 Å². The molecule has 1 aliphatic carbocycles. The van der Waals surface area contributed by atoms with Crippen molar-refractivity contribution in [3.63, 3.8) is 0 Å². The zero-order valence-corrected chi connectivity index (χ0v) is 21.6. The Hall–Kier alpha value is -3.02. The Morgan fingerprint density at radius 2 is 1.97 bits per heavy atom.